The smallest absolute Gasteiger partial charge is 0.127 e. The molecule has 0 bridgehead atoms. The van der Waals surface area contributed by atoms with Crippen molar-refractivity contribution < 1.29 is 0 Å². The molecule has 0 aliphatic rings. The largest absolute Gasteiger partial charge is 0.135 e. The van der Waals surface area contributed by atoms with E-state index >= 15 is 0 Å². The van der Waals surface area contributed by atoms with Gasteiger partial charge in [-0.2, -0.15) is 0 Å². The molecule has 64 valence electrons. The molecule has 0 aliphatic heterocycles. The van der Waals surface area contributed by atoms with Crippen molar-refractivity contribution in [2.75, 3.05) is 0 Å². The molecule has 0 fully saturated rings. The molecule has 0 nitrogen and oxygen atoms in total. The molecule has 0 N–H and O–H groups in total. The van der Waals surface area contributed by atoms with Crippen molar-refractivity contribution in [3.05, 3.63) is 0 Å². The molecule has 0 aromatic rings. The minimum absolute atomic E-state index is 0.759. The summed E-state index contributed by atoms with van der Waals surface area (Å²) in [6.45, 7) is 11.4. The molecule has 0 saturated carbocycles. The summed E-state index contributed by atoms with van der Waals surface area (Å²) in [4.78, 5) is 0. The zero-order valence-electron chi connectivity index (χ0n) is 8.44. The summed E-state index contributed by atoms with van der Waals surface area (Å²) < 4.78 is 0. The second kappa shape index (κ2) is 5.43. The molecule has 0 radical (unpaired) electrons. The van der Waals surface area contributed by atoms with Crippen molar-refractivity contribution in [3.8, 4) is 11.5 Å². The van der Waals surface area contributed by atoms with Gasteiger partial charge in [0.25, 0.3) is 0 Å². The van der Waals surface area contributed by atoms with Gasteiger partial charge in [-0.3, -0.25) is 0 Å². The van der Waals surface area contributed by atoms with Crippen molar-refractivity contribution in [2.24, 2.45) is 0 Å². The highest BCUT2D eigenvalue weighted by molar-refractivity contribution is 6.70. The SMILES string of the molecule is CCC#C[SiH](C(C)C)C(C)C. The predicted octanol–water partition coefficient (Wildman–Crippen LogP) is 2.99. The molecule has 0 saturated heterocycles. The Morgan fingerprint density at radius 2 is 1.55 bits per heavy atom. The van der Waals surface area contributed by atoms with Crippen LogP contribution in [0.1, 0.15) is 41.0 Å². The summed E-state index contributed by atoms with van der Waals surface area (Å²) in [7, 11) is -0.759. The molecule has 0 atom stereocenters. The second-order valence-corrected chi connectivity index (χ2v) is 7.70. The molecule has 0 aliphatic carbocycles. The van der Waals surface area contributed by atoms with Crippen LogP contribution < -0.4 is 0 Å². The van der Waals surface area contributed by atoms with E-state index in [9.17, 15) is 0 Å². The lowest BCUT2D eigenvalue weighted by atomic mass is 10.5. The number of hydrogen-bond donors (Lipinski definition) is 0. The summed E-state index contributed by atoms with van der Waals surface area (Å²) in [5.41, 5.74) is 5.11. The van der Waals surface area contributed by atoms with Gasteiger partial charge in [0.2, 0.25) is 0 Å². The Kier molecular flexibility index (Phi) is 5.32. The van der Waals surface area contributed by atoms with Crippen LogP contribution in [0.3, 0.4) is 0 Å². The van der Waals surface area contributed by atoms with E-state index in [4.69, 9.17) is 0 Å². The van der Waals surface area contributed by atoms with Crippen molar-refractivity contribution >= 4 is 8.80 Å². The third-order valence-corrected chi connectivity index (χ3v) is 5.29. The van der Waals surface area contributed by atoms with E-state index in [0.29, 0.717) is 0 Å². The van der Waals surface area contributed by atoms with Gasteiger partial charge < -0.3 is 0 Å². The monoisotopic (exact) mass is 168 g/mol. The van der Waals surface area contributed by atoms with Gasteiger partial charge in [-0.15, -0.1) is 11.5 Å². The Balaban J connectivity index is 4.11. The van der Waals surface area contributed by atoms with E-state index in [0.717, 1.165) is 17.5 Å². The van der Waals surface area contributed by atoms with Crippen LogP contribution in [0.25, 0.3) is 0 Å². The molecule has 0 unspecified atom stereocenters. The molecular weight excluding hydrogens is 148 g/mol. The zero-order chi connectivity index (χ0) is 8.85. The first-order valence-electron chi connectivity index (χ1n) is 4.58. The summed E-state index contributed by atoms with van der Waals surface area (Å²) in [5.74, 6) is 3.22. The van der Waals surface area contributed by atoms with Crippen LogP contribution in [0.4, 0.5) is 0 Å². The Bertz CT molecular complexity index is 140. The lowest BCUT2D eigenvalue weighted by Gasteiger charge is -2.16. The third kappa shape index (κ3) is 4.26. The van der Waals surface area contributed by atoms with Gasteiger partial charge in [-0.25, -0.2) is 0 Å². The van der Waals surface area contributed by atoms with E-state index < -0.39 is 8.80 Å². The Morgan fingerprint density at radius 3 is 1.82 bits per heavy atom. The maximum absolute atomic E-state index is 3.46. The fraction of sp³-hybridized carbons (Fsp3) is 0.800. The fourth-order valence-electron chi connectivity index (χ4n) is 1.32. The van der Waals surface area contributed by atoms with E-state index in [-0.39, 0.29) is 0 Å². The van der Waals surface area contributed by atoms with Crippen LogP contribution in [0.5, 0.6) is 0 Å². The molecular formula is C10H20Si. The quantitative estimate of drug-likeness (QED) is 0.439. The van der Waals surface area contributed by atoms with Crippen LogP contribution in [-0.2, 0) is 0 Å². The summed E-state index contributed by atoms with van der Waals surface area (Å²) >= 11 is 0. The predicted molar refractivity (Wildman–Crippen MR) is 55.4 cm³/mol. The van der Waals surface area contributed by atoms with Gasteiger partial charge in [0.1, 0.15) is 8.80 Å². The minimum atomic E-state index is -0.759. The standard InChI is InChI=1S/C10H20Si/c1-6-7-8-11(9(2)3)10(4)5/h9-11H,6H2,1-5H3. The zero-order valence-corrected chi connectivity index (χ0v) is 9.59. The van der Waals surface area contributed by atoms with Gasteiger partial charge in [0, 0.05) is 6.42 Å². The van der Waals surface area contributed by atoms with Gasteiger partial charge in [-0.05, 0) is 11.1 Å². The first-order chi connectivity index (χ1) is 5.09. The Hall–Kier alpha value is -0.223. The highest BCUT2D eigenvalue weighted by Gasteiger charge is 2.16. The maximum Gasteiger partial charge on any atom is 0.127 e. The maximum atomic E-state index is 3.46. The number of rotatable bonds is 2. The molecule has 0 spiro atoms. The topological polar surface area (TPSA) is 0 Å². The lowest BCUT2D eigenvalue weighted by molar-refractivity contribution is 0.954. The Morgan fingerprint density at radius 1 is 1.09 bits per heavy atom. The molecule has 0 aromatic carbocycles. The van der Waals surface area contributed by atoms with Crippen LogP contribution in [0, 0.1) is 11.5 Å². The second-order valence-electron chi connectivity index (χ2n) is 3.69. The third-order valence-electron chi connectivity index (χ3n) is 1.88. The summed E-state index contributed by atoms with van der Waals surface area (Å²) in [5, 5.41) is 0. The van der Waals surface area contributed by atoms with Gasteiger partial charge in [0.15, 0.2) is 0 Å². The van der Waals surface area contributed by atoms with E-state index in [2.05, 4.69) is 46.1 Å². The molecule has 11 heavy (non-hydrogen) atoms. The highest BCUT2D eigenvalue weighted by Crippen LogP contribution is 2.18. The molecule has 0 rings (SSSR count). The van der Waals surface area contributed by atoms with E-state index in [1.54, 1.807) is 0 Å². The Labute approximate surface area is 73.0 Å². The molecule has 0 aromatic heterocycles. The van der Waals surface area contributed by atoms with Crippen LogP contribution in [-0.4, -0.2) is 8.80 Å². The van der Waals surface area contributed by atoms with E-state index in [1.165, 1.54) is 0 Å². The lowest BCUT2D eigenvalue weighted by Crippen LogP contribution is -2.18. The number of hydrogen-bond acceptors (Lipinski definition) is 0. The van der Waals surface area contributed by atoms with Gasteiger partial charge in [0.05, 0.1) is 0 Å². The van der Waals surface area contributed by atoms with Crippen molar-refractivity contribution in [1.82, 2.24) is 0 Å². The molecule has 1 heteroatoms. The van der Waals surface area contributed by atoms with Crippen LogP contribution in [0.2, 0.25) is 11.1 Å². The fourth-order valence-corrected chi connectivity index (χ4v) is 3.97. The first kappa shape index (κ1) is 10.8. The van der Waals surface area contributed by atoms with Crippen LogP contribution >= 0.6 is 0 Å². The molecule has 0 heterocycles. The highest BCUT2D eigenvalue weighted by atomic mass is 28.3. The van der Waals surface area contributed by atoms with Gasteiger partial charge in [-0.1, -0.05) is 34.6 Å². The average Bonchev–Trinajstić information content (AvgIpc) is 1.87. The van der Waals surface area contributed by atoms with E-state index in [1.807, 2.05) is 0 Å². The first-order valence-corrected chi connectivity index (χ1v) is 6.49. The van der Waals surface area contributed by atoms with Crippen LogP contribution in [0.15, 0.2) is 0 Å². The van der Waals surface area contributed by atoms with Crippen molar-refractivity contribution in [3.63, 3.8) is 0 Å². The van der Waals surface area contributed by atoms with Crippen molar-refractivity contribution in [2.45, 2.75) is 52.1 Å². The van der Waals surface area contributed by atoms with Crippen molar-refractivity contribution in [1.29, 1.82) is 0 Å². The minimum Gasteiger partial charge on any atom is -0.135 e. The normalized spacial score (nSPS) is 10.5. The average molecular weight is 168 g/mol. The molecule has 0 amide bonds. The summed E-state index contributed by atoms with van der Waals surface area (Å²) in [6.07, 6.45) is 1.02. The summed E-state index contributed by atoms with van der Waals surface area (Å²) in [6, 6.07) is 0. The van der Waals surface area contributed by atoms with Gasteiger partial charge >= 0.3 is 0 Å².